The molecule has 0 aliphatic rings. The second-order valence-electron chi connectivity index (χ2n) is 1.14. The first kappa shape index (κ1) is 4.92. The maximum atomic E-state index is 9.50. The smallest absolute Gasteiger partial charge is 0.0143 e. The molecule has 32 valence electrons. The van der Waals surface area contributed by atoms with Crippen LogP contribution < -0.4 is 10.8 Å². The van der Waals surface area contributed by atoms with Crippen molar-refractivity contribution in [3.63, 3.8) is 0 Å². The molecule has 0 radical (unpaired) electrons. The van der Waals surface area contributed by atoms with Crippen molar-refractivity contribution >= 4 is 0 Å². The highest BCUT2D eigenvalue weighted by molar-refractivity contribution is 4.42. The van der Waals surface area contributed by atoms with Crippen LogP contribution in [-0.4, -0.2) is 12.6 Å². The molecule has 0 saturated carbocycles. The van der Waals surface area contributed by atoms with Crippen molar-refractivity contribution in [3.8, 4) is 0 Å². The fourth-order valence-corrected chi connectivity index (χ4v) is 0. The van der Waals surface area contributed by atoms with E-state index in [0.717, 1.165) is 0 Å². The Labute approximate surface area is 31.6 Å². The van der Waals surface area contributed by atoms with Gasteiger partial charge < -0.3 is 10.8 Å². The average molecular weight is 74.1 g/mol. The molecule has 0 fully saturated rings. The first-order chi connectivity index (χ1) is 2.27. The highest BCUT2D eigenvalue weighted by atomic mass is 16.3. The lowest BCUT2D eigenvalue weighted by molar-refractivity contribution is -0.370. The Hall–Kier alpha value is -0.0800. The topological polar surface area (TPSA) is 49.1 Å². The quantitative estimate of drug-likeness (QED) is 0.420. The largest absolute Gasteiger partial charge is 0.853 e. The van der Waals surface area contributed by atoms with Gasteiger partial charge in [0.05, 0.1) is 0 Å². The van der Waals surface area contributed by atoms with Crippen LogP contribution in [0.5, 0.6) is 0 Å². The second-order valence-corrected chi connectivity index (χ2v) is 1.14. The van der Waals surface area contributed by atoms with E-state index in [9.17, 15) is 5.11 Å². The zero-order valence-corrected chi connectivity index (χ0v) is 3.27. The molecule has 0 aromatic rings. The van der Waals surface area contributed by atoms with Crippen molar-refractivity contribution in [2.45, 2.75) is 13.0 Å². The van der Waals surface area contributed by atoms with Gasteiger partial charge in [0.25, 0.3) is 0 Å². The van der Waals surface area contributed by atoms with Crippen molar-refractivity contribution < 1.29 is 5.11 Å². The van der Waals surface area contributed by atoms with Crippen LogP contribution in [0.25, 0.3) is 0 Å². The van der Waals surface area contributed by atoms with E-state index in [1.807, 2.05) is 0 Å². The molecule has 0 bridgehead atoms. The lowest BCUT2D eigenvalue weighted by Gasteiger charge is -2.04. The third kappa shape index (κ3) is 3.92. The van der Waals surface area contributed by atoms with E-state index in [2.05, 4.69) is 0 Å². The Bertz CT molecular complexity index is 20.9. The molecule has 0 saturated heterocycles. The zero-order valence-electron chi connectivity index (χ0n) is 3.27. The number of rotatable bonds is 1. The van der Waals surface area contributed by atoms with Gasteiger partial charge >= 0.3 is 0 Å². The molecule has 0 aliphatic heterocycles. The van der Waals surface area contributed by atoms with Gasteiger partial charge in [0.1, 0.15) is 0 Å². The maximum absolute atomic E-state index is 9.50. The van der Waals surface area contributed by atoms with E-state index < -0.39 is 0 Å². The van der Waals surface area contributed by atoms with Gasteiger partial charge in [-0.2, -0.15) is 0 Å². The number of hydrogen-bond acceptors (Lipinski definition) is 2. The van der Waals surface area contributed by atoms with Crippen molar-refractivity contribution in [1.82, 2.24) is 0 Å². The monoisotopic (exact) mass is 74.1 g/mol. The van der Waals surface area contributed by atoms with Gasteiger partial charge in [-0.15, -0.1) is 6.61 Å². The third-order valence-corrected chi connectivity index (χ3v) is 0.263. The summed E-state index contributed by atoms with van der Waals surface area (Å²) in [5, 5.41) is 9.50. The molecule has 0 spiro atoms. The molecule has 0 rings (SSSR count). The molecule has 2 nitrogen and oxygen atoms in total. The van der Waals surface area contributed by atoms with Gasteiger partial charge in [0.15, 0.2) is 0 Å². The van der Waals surface area contributed by atoms with E-state index >= 15 is 0 Å². The molecule has 1 atom stereocenters. The zero-order chi connectivity index (χ0) is 4.28. The minimum Gasteiger partial charge on any atom is -0.853 e. The lowest BCUT2D eigenvalue weighted by Crippen LogP contribution is -2.28. The summed E-state index contributed by atoms with van der Waals surface area (Å²) in [7, 11) is 0. The summed E-state index contributed by atoms with van der Waals surface area (Å²) in [6, 6.07) is -0.171. The standard InChI is InChI=1S/C3H8NO/c1-3(4)2-5/h3H,2,4H2,1H3/q-1/t3-/m0/s1. The summed E-state index contributed by atoms with van der Waals surface area (Å²) < 4.78 is 0. The Morgan fingerprint density at radius 2 is 2.20 bits per heavy atom. The molecule has 2 heteroatoms. The maximum Gasteiger partial charge on any atom is -0.0143 e. The summed E-state index contributed by atoms with van der Waals surface area (Å²) in [5.74, 6) is 0. The van der Waals surface area contributed by atoms with Crippen molar-refractivity contribution in [1.29, 1.82) is 0 Å². The van der Waals surface area contributed by atoms with Crippen molar-refractivity contribution in [3.05, 3.63) is 0 Å². The summed E-state index contributed by atoms with van der Waals surface area (Å²) in [6.45, 7) is 1.52. The Morgan fingerprint density at radius 1 is 2.00 bits per heavy atom. The Morgan fingerprint density at radius 3 is 2.20 bits per heavy atom. The lowest BCUT2D eigenvalue weighted by atomic mass is 10.4. The second kappa shape index (κ2) is 2.18. The van der Waals surface area contributed by atoms with E-state index in [0.29, 0.717) is 0 Å². The number of nitrogens with two attached hydrogens (primary N) is 1. The molecule has 0 aliphatic carbocycles. The molecule has 0 unspecified atom stereocenters. The summed E-state index contributed by atoms with van der Waals surface area (Å²) in [4.78, 5) is 0. The minimum atomic E-state index is -0.171. The SMILES string of the molecule is C[C@H](N)C[O-]. The summed E-state index contributed by atoms with van der Waals surface area (Å²) in [6.07, 6.45) is 0. The fourth-order valence-electron chi connectivity index (χ4n) is 0. The van der Waals surface area contributed by atoms with Crippen LogP contribution in [0.4, 0.5) is 0 Å². The first-order valence-electron chi connectivity index (χ1n) is 1.61. The van der Waals surface area contributed by atoms with E-state index in [-0.39, 0.29) is 12.6 Å². The molecule has 5 heavy (non-hydrogen) atoms. The van der Waals surface area contributed by atoms with Gasteiger partial charge in [0.2, 0.25) is 0 Å². The average Bonchev–Trinajstić information content (AvgIpc) is 1.38. The van der Waals surface area contributed by atoms with Crippen molar-refractivity contribution in [2.75, 3.05) is 6.61 Å². The molecule has 0 amide bonds. The fraction of sp³-hybridized carbons (Fsp3) is 1.00. The first-order valence-corrected chi connectivity index (χ1v) is 1.61. The molecule has 0 aromatic carbocycles. The van der Waals surface area contributed by atoms with Crippen LogP contribution in [0.3, 0.4) is 0 Å². The third-order valence-electron chi connectivity index (χ3n) is 0.263. The highest BCUT2D eigenvalue weighted by Crippen LogP contribution is 1.58. The van der Waals surface area contributed by atoms with Crippen LogP contribution in [0.1, 0.15) is 6.92 Å². The Balaban J connectivity index is 2.54. The van der Waals surface area contributed by atoms with Crippen molar-refractivity contribution in [2.24, 2.45) is 5.73 Å². The van der Waals surface area contributed by atoms with E-state index in [4.69, 9.17) is 5.73 Å². The predicted molar refractivity (Wildman–Crippen MR) is 18.5 cm³/mol. The Kier molecular flexibility index (Phi) is 2.14. The van der Waals surface area contributed by atoms with Gasteiger partial charge in [-0.25, -0.2) is 0 Å². The van der Waals surface area contributed by atoms with Gasteiger partial charge in [0, 0.05) is 0 Å². The van der Waals surface area contributed by atoms with E-state index in [1.54, 1.807) is 6.92 Å². The molecule has 0 heterocycles. The summed E-state index contributed by atoms with van der Waals surface area (Å²) >= 11 is 0. The number of hydrogen-bond donors (Lipinski definition) is 1. The van der Waals surface area contributed by atoms with Gasteiger partial charge in [-0.05, 0) is 6.04 Å². The van der Waals surface area contributed by atoms with E-state index in [1.165, 1.54) is 0 Å². The van der Waals surface area contributed by atoms with Crippen LogP contribution >= 0.6 is 0 Å². The van der Waals surface area contributed by atoms with Crippen LogP contribution in [0, 0.1) is 0 Å². The van der Waals surface area contributed by atoms with Gasteiger partial charge in [-0.1, -0.05) is 6.92 Å². The minimum absolute atomic E-state index is 0.167. The van der Waals surface area contributed by atoms with Crippen LogP contribution in [-0.2, 0) is 0 Å². The summed E-state index contributed by atoms with van der Waals surface area (Å²) in [5.41, 5.74) is 4.98. The molecule has 2 N–H and O–H groups in total. The highest BCUT2D eigenvalue weighted by Gasteiger charge is 1.72. The molecular weight excluding hydrogens is 66.0 g/mol. The van der Waals surface area contributed by atoms with Crippen LogP contribution in [0.15, 0.2) is 0 Å². The predicted octanol–water partition coefficient (Wildman–Crippen LogP) is -1.31. The van der Waals surface area contributed by atoms with Gasteiger partial charge in [-0.3, -0.25) is 0 Å². The molecular formula is C3H8NO-. The normalized spacial score (nSPS) is 15.0. The van der Waals surface area contributed by atoms with Crippen LogP contribution in [0.2, 0.25) is 0 Å². The molecule has 0 aromatic heterocycles.